The van der Waals surface area contributed by atoms with Crippen LogP contribution in [0.15, 0.2) is 18.2 Å². The monoisotopic (exact) mass is 185 g/mol. The Kier molecular flexibility index (Phi) is 3.67. The molecule has 0 atom stereocenters. The van der Waals surface area contributed by atoms with Crippen LogP contribution in [0, 0.1) is 5.82 Å². The van der Waals surface area contributed by atoms with Crippen LogP contribution in [0.2, 0.25) is 0 Å². The van der Waals surface area contributed by atoms with E-state index in [1.807, 2.05) is 0 Å². The lowest BCUT2D eigenvalue weighted by molar-refractivity contribution is 0.0502. The van der Waals surface area contributed by atoms with Gasteiger partial charge in [-0.25, -0.2) is 4.39 Å². The SMILES string of the molecule is COCOc1cccc(F)c1CN. The molecule has 2 N–H and O–H groups in total. The standard InChI is InChI=1S/C9H12FNO2/c1-12-6-13-9-4-2-3-8(10)7(9)5-11/h2-4H,5-6,11H2,1H3. The molecule has 0 bridgehead atoms. The van der Waals surface area contributed by atoms with Gasteiger partial charge in [-0.1, -0.05) is 6.07 Å². The topological polar surface area (TPSA) is 44.5 Å². The normalized spacial score (nSPS) is 10.1. The molecule has 0 aromatic heterocycles. The summed E-state index contributed by atoms with van der Waals surface area (Å²) in [5.41, 5.74) is 5.74. The lowest BCUT2D eigenvalue weighted by Gasteiger charge is -2.09. The molecular weight excluding hydrogens is 173 g/mol. The lowest BCUT2D eigenvalue weighted by atomic mass is 10.2. The fourth-order valence-corrected chi connectivity index (χ4v) is 0.995. The van der Waals surface area contributed by atoms with Crippen molar-refractivity contribution in [3.8, 4) is 5.75 Å². The zero-order valence-electron chi connectivity index (χ0n) is 7.42. The minimum absolute atomic E-state index is 0.0937. The average molecular weight is 185 g/mol. The van der Waals surface area contributed by atoms with Crippen LogP contribution in [0.25, 0.3) is 0 Å². The van der Waals surface area contributed by atoms with Crippen LogP contribution in [0.5, 0.6) is 5.75 Å². The molecule has 3 nitrogen and oxygen atoms in total. The Bertz CT molecular complexity index is 278. The quantitative estimate of drug-likeness (QED) is 0.718. The van der Waals surface area contributed by atoms with Gasteiger partial charge < -0.3 is 15.2 Å². The van der Waals surface area contributed by atoms with Gasteiger partial charge in [0.25, 0.3) is 0 Å². The summed E-state index contributed by atoms with van der Waals surface area (Å²) in [6.07, 6.45) is 0. The van der Waals surface area contributed by atoms with Gasteiger partial charge in [-0.15, -0.1) is 0 Å². The van der Waals surface area contributed by atoms with Crippen LogP contribution in [-0.2, 0) is 11.3 Å². The maximum atomic E-state index is 13.1. The first kappa shape index (κ1) is 9.95. The highest BCUT2D eigenvalue weighted by molar-refractivity contribution is 5.34. The van der Waals surface area contributed by atoms with E-state index in [4.69, 9.17) is 15.2 Å². The van der Waals surface area contributed by atoms with Gasteiger partial charge in [0.1, 0.15) is 11.6 Å². The van der Waals surface area contributed by atoms with Gasteiger partial charge in [-0.2, -0.15) is 0 Å². The molecule has 0 saturated carbocycles. The number of ether oxygens (including phenoxy) is 2. The molecule has 0 radical (unpaired) electrons. The van der Waals surface area contributed by atoms with Crippen molar-refractivity contribution in [2.75, 3.05) is 13.9 Å². The van der Waals surface area contributed by atoms with E-state index in [9.17, 15) is 4.39 Å². The smallest absolute Gasteiger partial charge is 0.188 e. The molecule has 0 unspecified atom stereocenters. The van der Waals surface area contributed by atoms with Crippen molar-refractivity contribution >= 4 is 0 Å². The third-order valence-electron chi connectivity index (χ3n) is 1.61. The summed E-state index contributed by atoms with van der Waals surface area (Å²) < 4.78 is 22.9. The number of hydrogen-bond donors (Lipinski definition) is 1. The molecule has 0 amide bonds. The minimum Gasteiger partial charge on any atom is -0.467 e. The fraction of sp³-hybridized carbons (Fsp3) is 0.333. The molecule has 0 aliphatic rings. The van der Waals surface area contributed by atoms with E-state index in [1.165, 1.54) is 13.2 Å². The van der Waals surface area contributed by atoms with E-state index < -0.39 is 0 Å². The van der Waals surface area contributed by atoms with E-state index in [-0.39, 0.29) is 19.2 Å². The Morgan fingerprint density at radius 2 is 2.23 bits per heavy atom. The van der Waals surface area contributed by atoms with Gasteiger partial charge in [0.2, 0.25) is 0 Å². The Balaban J connectivity index is 2.85. The molecule has 1 rings (SSSR count). The molecule has 4 heteroatoms. The third-order valence-corrected chi connectivity index (χ3v) is 1.61. The molecule has 72 valence electrons. The fourth-order valence-electron chi connectivity index (χ4n) is 0.995. The number of nitrogens with two attached hydrogens (primary N) is 1. The highest BCUT2D eigenvalue weighted by atomic mass is 19.1. The summed E-state index contributed by atoms with van der Waals surface area (Å²) in [5.74, 6) is 0.0838. The van der Waals surface area contributed by atoms with Crippen molar-refractivity contribution in [2.45, 2.75) is 6.54 Å². The van der Waals surface area contributed by atoms with Gasteiger partial charge in [0, 0.05) is 19.2 Å². The third kappa shape index (κ3) is 2.40. The van der Waals surface area contributed by atoms with E-state index in [0.717, 1.165) is 0 Å². The second kappa shape index (κ2) is 4.79. The van der Waals surface area contributed by atoms with Gasteiger partial charge in [-0.05, 0) is 12.1 Å². The van der Waals surface area contributed by atoms with Crippen molar-refractivity contribution in [3.05, 3.63) is 29.6 Å². The maximum Gasteiger partial charge on any atom is 0.188 e. The Morgan fingerprint density at radius 1 is 1.46 bits per heavy atom. The van der Waals surface area contributed by atoms with Crippen LogP contribution < -0.4 is 10.5 Å². The lowest BCUT2D eigenvalue weighted by Crippen LogP contribution is -2.06. The van der Waals surface area contributed by atoms with E-state index in [0.29, 0.717) is 11.3 Å². The molecule has 0 fully saturated rings. The summed E-state index contributed by atoms with van der Waals surface area (Å²) >= 11 is 0. The van der Waals surface area contributed by atoms with Crippen LogP contribution in [0.1, 0.15) is 5.56 Å². The maximum absolute atomic E-state index is 13.1. The Morgan fingerprint density at radius 3 is 2.85 bits per heavy atom. The Labute approximate surface area is 76.3 Å². The summed E-state index contributed by atoms with van der Waals surface area (Å²) in [4.78, 5) is 0. The number of methoxy groups -OCH3 is 1. The van der Waals surface area contributed by atoms with Gasteiger partial charge in [0.05, 0.1) is 0 Å². The molecule has 0 aliphatic carbocycles. The average Bonchev–Trinajstić information content (AvgIpc) is 2.15. The van der Waals surface area contributed by atoms with E-state index in [2.05, 4.69) is 0 Å². The van der Waals surface area contributed by atoms with Crippen molar-refractivity contribution in [1.29, 1.82) is 0 Å². The van der Waals surface area contributed by atoms with Crippen molar-refractivity contribution < 1.29 is 13.9 Å². The van der Waals surface area contributed by atoms with Gasteiger partial charge in [-0.3, -0.25) is 0 Å². The summed E-state index contributed by atoms with van der Waals surface area (Å²) in [5, 5.41) is 0. The molecule has 13 heavy (non-hydrogen) atoms. The van der Waals surface area contributed by atoms with Crippen molar-refractivity contribution in [3.63, 3.8) is 0 Å². The zero-order valence-corrected chi connectivity index (χ0v) is 7.42. The van der Waals surface area contributed by atoms with E-state index in [1.54, 1.807) is 12.1 Å². The predicted octanol–water partition coefficient (Wildman–Crippen LogP) is 1.27. The number of hydrogen-bond acceptors (Lipinski definition) is 3. The molecule has 1 aromatic carbocycles. The first-order valence-corrected chi connectivity index (χ1v) is 3.88. The highest BCUT2D eigenvalue weighted by Gasteiger charge is 2.06. The van der Waals surface area contributed by atoms with Crippen molar-refractivity contribution in [2.24, 2.45) is 5.73 Å². The predicted molar refractivity (Wildman–Crippen MR) is 46.8 cm³/mol. The van der Waals surface area contributed by atoms with E-state index >= 15 is 0 Å². The summed E-state index contributed by atoms with van der Waals surface area (Å²) in [6, 6.07) is 4.58. The first-order valence-electron chi connectivity index (χ1n) is 3.88. The largest absolute Gasteiger partial charge is 0.467 e. The first-order chi connectivity index (χ1) is 6.29. The van der Waals surface area contributed by atoms with Crippen LogP contribution in [0.4, 0.5) is 4.39 Å². The van der Waals surface area contributed by atoms with Gasteiger partial charge in [0.15, 0.2) is 6.79 Å². The second-order valence-corrected chi connectivity index (χ2v) is 2.47. The molecule has 0 heterocycles. The molecular formula is C9H12FNO2. The molecule has 1 aromatic rings. The molecule has 0 spiro atoms. The van der Waals surface area contributed by atoms with Crippen molar-refractivity contribution in [1.82, 2.24) is 0 Å². The zero-order chi connectivity index (χ0) is 9.68. The number of rotatable bonds is 4. The van der Waals surface area contributed by atoms with Crippen LogP contribution in [-0.4, -0.2) is 13.9 Å². The van der Waals surface area contributed by atoms with Crippen LogP contribution in [0.3, 0.4) is 0 Å². The highest BCUT2D eigenvalue weighted by Crippen LogP contribution is 2.20. The Hall–Kier alpha value is -1.13. The number of halogens is 1. The molecule has 0 aliphatic heterocycles. The molecule has 0 saturated heterocycles. The van der Waals surface area contributed by atoms with Gasteiger partial charge >= 0.3 is 0 Å². The number of benzene rings is 1. The summed E-state index contributed by atoms with van der Waals surface area (Å²) in [7, 11) is 1.50. The second-order valence-electron chi connectivity index (χ2n) is 2.47. The summed E-state index contributed by atoms with van der Waals surface area (Å²) in [6.45, 7) is 0.210. The minimum atomic E-state index is -0.351. The van der Waals surface area contributed by atoms with Crippen LogP contribution >= 0.6 is 0 Å².